The molecule has 1 saturated heterocycles. The van der Waals surface area contributed by atoms with Crippen molar-refractivity contribution in [2.24, 2.45) is 0 Å². The van der Waals surface area contributed by atoms with Crippen LogP contribution in [0.5, 0.6) is 5.75 Å². The topological polar surface area (TPSA) is 89.3 Å². The van der Waals surface area contributed by atoms with Gasteiger partial charge in [-0.15, -0.1) is 0 Å². The molecule has 2 heterocycles. The highest BCUT2D eigenvalue weighted by Gasteiger charge is 2.31. The van der Waals surface area contributed by atoms with Crippen LogP contribution in [-0.4, -0.2) is 69.5 Å². The van der Waals surface area contributed by atoms with E-state index in [0.717, 1.165) is 18.7 Å². The molecule has 9 heteroatoms. The van der Waals surface area contributed by atoms with Gasteiger partial charge < -0.3 is 18.8 Å². The van der Waals surface area contributed by atoms with Crippen molar-refractivity contribution in [3.8, 4) is 5.75 Å². The van der Waals surface area contributed by atoms with Crippen LogP contribution in [0.2, 0.25) is 0 Å². The van der Waals surface area contributed by atoms with Crippen molar-refractivity contribution in [2.75, 3.05) is 45.9 Å². The molecular formula is C20H26N2O6S. The number of carbonyl (C=O) groups is 1. The monoisotopic (exact) mass is 422 g/mol. The molecule has 29 heavy (non-hydrogen) atoms. The highest BCUT2D eigenvalue weighted by molar-refractivity contribution is 7.89. The van der Waals surface area contributed by atoms with Crippen molar-refractivity contribution in [3.05, 3.63) is 48.2 Å². The van der Waals surface area contributed by atoms with Crippen LogP contribution in [0.1, 0.15) is 23.9 Å². The molecule has 1 aromatic heterocycles. The molecular weight excluding hydrogens is 396 g/mol. The van der Waals surface area contributed by atoms with Gasteiger partial charge in [0.25, 0.3) is 10.0 Å². The van der Waals surface area contributed by atoms with Gasteiger partial charge in [-0.3, -0.25) is 0 Å². The van der Waals surface area contributed by atoms with E-state index in [0.29, 0.717) is 32.8 Å². The van der Waals surface area contributed by atoms with E-state index >= 15 is 0 Å². The standard InChI is InChI=1S/C20H26N2O6S/c1-2-26-20(23)18-9-10-19(28-18)29(24,25)22-14-12-21(13-15-22)11-6-16-27-17-7-4-3-5-8-17/h3-5,7-10H,2,6,11-16H2,1H3. The van der Waals surface area contributed by atoms with Crippen LogP contribution in [-0.2, 0) is 14.8 Å². The summed E-state index contributed by atoms with van der Waals surface area (Å²) >= 11 is 0. The molecule has 1 aliphatic heterocycles. The maximum absolute atomic E-state index is 12.7. The first-order chi connectivity index (χ1) is 14.0. The van der Waals surface area contributed by atoms with Crippen molar-refractivity contribution >= 4 is 16.0 Å². The normalized spacial score (nSPS) is 15.9. The van der Waals surface area contributed by atoms with Gasteiger partial charge in [-0.05, 0) is 37.6 Å². The predicted molar refractivity (Wildman–Crippen MR) is 106 cm³/mol. The van der Waals surface area contributed by atoms with E-state index in [1.54, 1.807) is 6.92 Å². The quantitative estimate of drug-likeness (QED) is 0.452. The largest absolute Gasteiger partial charge is 0.494 e. The molecule has 158 valence electrons. The Morgan fingerprint density at radius 2 is 1.79 bits per heavy atom. The third kappa shape index (κ3) is 5.59. The molecule has 0 amide bonds. The van der Waals surface area contributed by atoms with Crippen molar-refractivity contribution < 1.29 is 27.1 Å². The molecule has 0 atom stereocenters. The van der Waals surface area contributed by atoms with E-state index < -0.39 is 16.0 Å². The van der Waals surface area contributed by atoms with Crippen molar-refractivity contribution in [2.45, 2.75) is 18.4 Å². The SMILES string of the molecule is CCOC(=O)c1ccc(S(=O)(=O)N2CCN(CCCOc3ccccc3)CC2)o1. The number of rotatable bonds is 9. The minimum Gasteiger partial charge on any atom is -0.494 e. The van der Waals surface area contributed by atoms with E-state index in [1.807, 2.05) is 30.3 Å². The van der Waals surface area contributed by atoms with Crippen molar-refractivity contribution in [3.63, 3.8) is 0 Å². The Hall–Kier alpha value is -2.36. The predicted octanol–water partition coefficient (Wildman–Crippen LogP) is 2.23. The highest BCUT2D eigenvalue weighted by Crippen LogP contribution is 2.21. The summed E-state index contributed by atoms with van der Waals surface area (Å²) in [6.07, 6.45) is 0.864. The molecule has 1 aliphatic rings. The first kappa shape index (κ1) is 21.4. The number of benzene rings is 1. The van der Waals surface area contributed by atoms with Crippen molar-refractivity contribution in [1.82, 2.24) is 9.21 Å². The number of para-hydroxylation sites is 1. The Morgan fingerprint density at radius 3 is 2.48 bits per heavy atom. The zero-order valence-electron chi connectivity index (χ0n) is 16.5. The summed E-state index contributed by atoms with van der Waals surface area (Å²) in [7, 11) is -3.77. The van der Waals surface area contributed by atoms with Crippen LogP contribution in [0, 0.1) is 0 Å². The Labute approximate surface area is 171 Å². The summed E-state index contributed by atoms with van der Waals surface area (Å²) < 4.78 is 42.6. The number of esters is 1. The summed E-state index contributed by atoms with van der Waals surface area (Å²) in [6, 6.07) is 12.3. The maximum atomic E-state index is 12.7. The van der Waals surface area contributed by atoms with E-state index in [9.17, 15) is 13.2 Å². The number of hydrogen-bond donors (Lipinski definition) is 0. The van der Waals surface area contributed by atoms with Gasteiger partial charge in [-0.25, -0.2) is 13.2 Å². The minimum absolute atomic E-state index is 0.109. The number of nitrogens with zero attached hydrogens (tertiary/aromatic N) is 2. The van der Waals surface area contributed by atoms with Gasteiger partial charge in [0.1, 0.15) is 5.75 Å². The molecule has 0 bridgehead atoms. The zero-order chi connectivity index (χ0) is 20.7. The van der Waals surface area contributed by atoms with Gasteiger partial charge in [-0.2, -0.15) is 4.31 Å². The fraction of sp³-hybridized carbons (Fsp3) is 0.450. The van der Waals surface area contributed by atoms with Crippen LogP contribution in [0.4, 0.5) is 0 Å². The summed E-state index contributed by atoms with van der Waals surface area (Å²) in [5, 5.41) is -0.231. The highest BCUT2D eigenvalue weighted by atomic mass is 32.2. The van der Waals surface area contributed by atoms with E-state index in [2.05, 4.69) is 4.90 Å². The summed E-state index contributed by atoms with van der Waals surface area (Å²) in [4.78, 5) is 13.9. The van der Waals surface area contributed by atoms with Crippen LogP contribution in [0.15, 0.2) is 52.0 Å². The summed E-state index contributed by atoms with van der Waals surface area (Å²) in [6.45, 7) is 5.34. The number of piperazine rings is 1. The van der Waals surface area contributed by atoms with Crippen LogP contribution in [0.25, 0.3) is 0 Å². The molecule has 3 rings (SSSR count). The molecule has 0 aliphatic carbocycles. The fourth-order valence-electron chi connectivity index (χ4n) is 3.09. The lowest BCUT2D eigenvalue weighted by atomic mass is 10.3. The zero-order valence-corrected chi connectivity index (χ0v) is 17.3. The molecule has 8 nitrogen and oxygen atoms in total. The molecule has 2 aromatic rings. The average Bonchev–Trinajstić information content (AvgIpc) is 3.24. The first-order valence-electron chi connectivity index (χ1n) is 9.68. The molecule has 1 aromatic carbocycles. The molecule has 0 spiro atoms. The van der Waals surface area contributed by atoms with Crippen LogP contribution >= 0.6 is 0 Å². The summed E-state index contributed by atoms with van der Waals surface area (Å²) in [5.74, 6) is 0.0722. The average molecular weight is 423 g/mol. The fourth-order valence-corrected chi connectivity index (χ4v) is 4.42. The van der Waals surface area contributed by atoms with Crippen molar-refractivity contribution in [1.29, 1.82) is 0 Å². The van der Waals surface area contributed by atoms with Gasteiger partial charge in [0.2, 0.25) is 10.9 Å². The number of sulfonamides is 1. The van der Waals surface area contributed by atoms with Gasteiger partial charge >= 0.3 is 5.97 Å². The van der Waals surface area contributed by atoms with Crippen LogP contribution in [0.3, 0.4) is 0 Å². The van der Waals surface area contributed by atoms with E-state index in [-0.39, 0.29) is 17.5 Å². The lowest BCUT2D eigenvalue weighted by Crippen LogP contribution is -2.48. The Bertz CT molecular complexity index is 889. The molecule has 1 fully saturated rings. The van der Waals surface area contributed by atoms with Crippen LogP contribution < -0.4 is 4.74 Å². The molecule has 0 unspecified atom stereocenters. The van der Waals surface area contributed by atoms with Gasteiger partial charge in [0.05, 0.1) is 13.2 Å². The minimum atomic E-state index is -3.77. The maximum Gasteiger partial charge on any atom is 0.374 e. The van der Waals surface area contributed by atoms with Gasteiger partial charge in [-0.1, -0.05) is 18.2 Å². The Balaban J connectivity index is 1.45. The lowest BCUT2D eigenvalue weighted by Gasteiger charge is -2.33. The Morgan fingerprint density at radius 1 is 1.07 bits per heavy atom. The first-order valence-corrected chi connectivity index (χ1v) is 11.1. The third-order valence-electron chi connectivity index (χ3n) is 4.61. The van der Waals surface area contributed by atoms with E-state index in [1.165, 1.54) is 16.4 Å². The second-order valence-electron chi connectivity index (χ2n) is 6.60. The number of ether oxygens (including phenoxy) is 2. The van der Waals surface area contributed by atoms with Gasteiger partial charge in [0.15, 0.2) is 0 Å². The lowest BCUT2D eigenvalue weighted by molar-refractivity contribution is 0.0483. The smallest absolute Gasteiger partial charge is 0.374 e. The van der Waals surface area contributed by atoms with E-state index in [4.69, 9.17) is 13.9 Å². The van der Waals surface area contributed by atoms with Gasteiger partial charge in [0, 0.05) is 32.7 Å². The summed E-state index contributed by atoms with van der Waals surface area (Å²) in [5.41, 5.74) is 0. The molecule has 0 saturated carbocycles. The number of hydrogen-bond acceptors (Lipinski definition) is 7. The third-order valence-corrected chi connectivity index (χ3v) is 6.39. The second kappa shape index (κ2) is 9.91. The number of furan rings is 1. The molecule has 0 N–H and O–H groups in total. The molecule has 0 radical (unpaired) electrons. The second-order valence-corrected chi connectivity index (χ2v) is 8.47. The Kier molecular flexibility index (Phi) is 7.29. The number of carbonyl (C=O) groups excluding carboxylic acids is 1.